The number of rotatable bonds is 5. The van der Waals surface area contributed by atoms with Crippen LogP contribution in [0, 0.1) is 18.6 Å². The van der Waals surface area contributed by atoms with E-state index in [4.69, 9.17) is 5.73 Å². The predicted octanol–water partition coefficient (Wildman–Crippen LogP) is 5.14. The maximum Gasteiger partial charge on any atom is 0.185 e. The molecule has 2 aromatic heterocycles. The zero-order valence-electron chi connectivity index (χ0n) is 17.4. The summed E-state index contributed by atoms with van der Waals surface area (Å²) in [6, 6.07) is 9.41. The first-order valence-electron chi connectivity index (χ1n) is 10.6. The van der Waals surface area contributed by atoms with E-state index in [0.29, 0.717) is 11.5 Å². The molecule has 0 aliphatic heterocycles. The predicted molar refractivity (Wildman–Crippen MR) is 116 cm³/mol. The fraction of sp³-hybridized carbons (Fsp3) is 0.320. The second-order valence-electron chi connectivity index (χ2n) is 8.26. The SMILES string of the molecule is Cc1ccc(F)c(-c2cccc(C(=O)Cc3cnccc3[C@@H]3CCC[C@H](N)C3)n2)c1F. The van der Waals surface area contributed by atoms with Crippen molar-refractivity contribution >= 4 is 5.78 Å². The van der Waals surface area contributed by atoms with Crippen molar-refractivity contribution in [3.8, 4) is 11.3 Å². The zero-order chi connectivity index (χ0) is 22.0. The van der Waals surface area contributed by atoms with E-state index in [9.17, 15) is 13.6 Å². The van der Waals surface area contributed by atoms with Gasteiger partial charge >= 0.3 is 0 Å². The van der Waals surface area contributed by atoms with Crippen LogP contribution in [0.25, 0.3) is 11.3 Å². The summed E-state index contributed by atoms with van der Waals surface area (Å²) in [4.78, 5) is 21.5. The highest BCUT2D eigenvalue weighted by Crippen LogP contribution is 2.34. The molecule has 4 nitrogen and oxygen atoms in total. The largest absolute Gasteiger partial charge is 0.328 e. The number of pyridine rings is 2. The molecule has 0 radical (unpaired) electrons. The van der Waals surface area contributed by atoms with E-state index in [-0.39, 0.29) is 35.2 Å². The van der Waals surface area contributed by atoms with Gasteiger partial charge in [-0.25, -0.2) is 13.8 Å². The normalized spacial score (nSPS) is 18.7. The molecule has 2 N–H and O–H groups in total. The van der Waals surface area contributed by atoms with Gasteiger partial charge in [-0.05, 0) is 73.1 Å². The van der Waals surface area contributed by atoms with E-state index in [1.54, 1.807) is 31.5 Å². The highest BCUT2D eigenvalue weighted by molar-refractivity contribution is 5.96. The van der Waals surface area contributed by atoms with E-state index in [2.05, 4.69) is 9.97 Å². The molecular weight excluding hydrogens is 396 g/mol. The molecule has 4 rings (SSSR count). The third-order valence-electron chi connectivity index (χ3n) is 6.02. The van der Waals surface area contributed by atoms with Gasteiger partial charge in [0.1, 0.15) is 17.3 Å². The summed E-state index contributed by atoms with van der Waals surface area (Å²) in [7, 11) is 0. The molecule has 1 fully saturated rings. The standard InChI is InChI=1S/C25H25F2N3O/c1-15-8-9-20(26)24(25(15)27)22-7-3-6-21(30-22)23(31)13-17-14-29-11-10-19(17)16-4-2-5-18(28)12-16/h3,6-11,14,16,18H,2,4-5,12-13,28H2,1H3/t16-,18+/m1/s1. The van der Waals surface area contributed by atoms with Crippen molar-refractivity contribution in [2.75, 3.05) is 0 Å². The Hall–Kier alpha value is -2.99. The number of hydrogen-bond acceptors (Lipinski definition) is 4. The molecule has 3 aromatic rings. The molecular formula is C25H25F2N3O. The molecule has 2 atom stereocenters. The van der Waals surface area contributed by atoms with Gasteiger partial charge in [0, 0.05) is 24.9 Å². The lowest BCUT2D eigenvalue weighted by Crippen LogP contribution is -2.27. The van der Waals surface area contributed by atoms with Gasteiger partial charge in [0.25, 0.3) is 0 Å². The molecule has 1 saturated carbocycles. The van der Waals surface area contributed by atoms with E-state index in [0.717, 1.165) is 36.8 Å². The monoisotopic (exact) mass is 421 g/mol. The third-order valence-corrected chi connectivity index (χ3v) is 6.02. The van der Waals surface area contributed by atoms with Crippen LogP contribution in [0.4, 0.5) is 8.78 Å². The first kappa shape index (κ1) is 21.2. The smallest absolute Gasteiger partial charge is 0.185 e. The Morgan fingerprint density at radius 1 is 1.16 bits per heavy atom. The highest BCUT2D eigenvalue weighted by Gasteiger charge is 2.24. The number of nitrogens with zero attached hydrogens (tertiary/aromatic N) is 2. The number of benzene rings is 1. The number of carbonyl (C=O) groups excluding carboxylic acids is 1. The fourth-order valence-electron chi connectivity index (χ4n) is 4.38. The first-order chi connectivity index (χ1) is 14.9. The van der Waals surface area contributed by atoms with Crippen LogP contribution >= 0.6 is 0 Å². The van der Waals surface area contributed by atoms with Crippen molar-refractivity contribution in [3.63, 3.8) is 0 Å². The average Bonchev–Trinajstić information content (AvgIpc) is 2.77. The number of aryl methyl sites for hydroxylation is 1. The highest BCUT2D eigenvalue weighted by atomic mass is 19.1. The van der Waals surface area contributed by atoms with Crippen LogP contribution in [0.2, 0.25) is 0 Å². The summed E-state index contributed by atoms with van der Waals surface area (Å²) in [6.45, 7) is 1.56. The van der Waals surface area contributed by atoms with Crippen molar-refractivity contribution in [2.24, 2.45) is 5.73 Å². The molecule has 0 amide bonds. The minimum atomic E-state index is -0.705. The Kier molecular flexibility index (Phi) is 6.18. The summed E-state index contributed by atoms with van der Waals surface area (Å²) in [5.74, 6) is -1.28. The Morgan fingerprint density at radius 3 is 2.81 bits per heavy atom. The topological polar surface area (TPSA) is 68.9 Å². The van der Waals surface area contributed by atoms with E-state index >= 15 is 0 Å². The molecule has 1 aliphatic rings. The molecule has 160 valence electrons. The number of hydrogen-bond donors (Lipinski definition) is 1. The van der Waals surface area contributed by atoms with Gasteiger partial charge in [0.2, 0.25) is 0 Å². The van der Waals surface area contributed by atoms with Crippen molar-refractivity contribution in [1.29, 1.82) is 0 Å². The average molecular weight is 421 g/mol. The number of Topliss-reactive ketones (excluding diaryl/α,β-unsaturated/α-hetero) is 1. The summed E-state index contributed by atoms with van der Waals surface area (Å²) in [5.41, 5.74) is 8.50. The minimum absolute atomic E-state index is 0.106. The van der Waals surface area contributed by atoms with Gasteiger partial charge in [0.05, 0.1) is 11.3 Å². The Morgan fingerprint density at radius 2 is 2.00 bits per heavy atom. The summed E-state index contributed by atoms with van der Waals surface area (Å²) in [5, 5.41) is 0. The van der Waals surface area contributed by atoms with Gasteiger partial charge in [-0.1, -0.05) is 18.6 Å². The molecule has 0 unspecified atom stereocenters. The number of carbonyl (C=O) groups is 1. The quantitative estimate of drug-likeness (QED) is 0.579. The molecule has 31 heavy (non-hydrogen) atoms. The Labute approximate surface area is 180 Å². The number of nitrogens with two attached hydrogens (primary N) is 1. The van der Waals surface area contributed by atoms with E-state index in [1.807, 2.05) is 6.07 Å². The minimum Gasteiger partial charge on any atom is -0.328 e. The van der Waals surface area contributed by atoms with Crippen molar-refractivity contribution < 1.29 is 13.6 Å². The van der Waals surface area contributed by atoms with Crippen molar-refractivity contribution in [2.45, 2.75) is 51.0 Å². The van der Waals surface area contributed by atoms with Crippen LogP contribution < -0.4 is 5.73 Å². The van der Waals surface area contributed by atoms with Crippen LogP contribution in [0.5, 0.6) is 0 Å². The number of ketones is 1. The molecule has 2 heterocycles. The van der Waals surface area contributed by atoms with Crippen molar-refractivity contribution in [3.05, 3.63) is 82.8 Å². The van der Waals surface area contributed by atoms with E-state index in [1.165, 1.54) is 18.2 Å². The van der Waals surface area contributed by atoms with Crippen LogP contribution in [0.15, 0.2) is 48.8 Å². The third kappa shape index (κ3) is 4.54. The van der Waals surface area contributed by atoms with Gasteiger partial charge in [-0.3, -0.25) is 9.78 Å². The second-order valence-corrected chi connectivity index (χ2v) is 8.26. The molecule has 1 aromatic carbocycles. The maximum absolute atomic E-state index is 14.5. The van der Waals surface area contributed by atoms with Gasteiger partial charge < -0.3 is 5.73 Å². The van der Waals surface area contributed by atoms with Gasteiger partial charge in [-0.15, -0.1) is 0 Å². The van der Waals surface area contributed by atoms with Crippen molar-refractivity contribution in [1.82, 2.24) is 9.97 Å². The lowest BCUT2D eigenvalue weighted by atomic mass is 9.80. The van der Waals surface area contributed by atoms with Crippen LogP contribution in [-0.2, 0) is 6.42 Å². The number of aromatic nitrogens is 2. The second kappa shape index (κ2) is 9.02. The molecule has 6 heteroatoms. The molecule has 0 saturated heterocycles. The van der Waals surface area contributed by atoms with Gasteiger partial charge in [-0.2, -0.15) is 0 Å². The number of halogens is 2. The summed E-state index contributed by atoms with van der Waals surface area (Å²) < 4.78 is 28.8. The lowest BCUT2D eigenvalue weighted by molar-refractivity contribution is 0.0988. The van der Waals surface area contributed by atoms with Crippen LogP contribution in [-0.4, -0.2) is 21.8 Å². The molecule has 1 aliphatic carbocycles. The Balaban J connectivity index is 1.62. The summed E-state index contributed by atoms with van der Waals surface area (Å²) in [6.07, 6.45) is 7.62. The lowest BCUT2D eigenvalue weighted by Gasteiger charge is -2.28. The van der Waals surface area contributed by atoms with Gasteiger partial charge in [0.15, 0.2) is 5.78 Å². The zero-order valence-corrected chi connectivity index (χ0v) is 17.4. The van der Waals surface area contributed by atoms with Crippen LogP contribution in [0.3, 0.4) is 0 Å². The maximum atomic E-state index is 14.5. The van der Waals surface area contributed by atoms with E-state index < -0.39 is 11.6 Å². The Bertz CT molecular complexity index is 1120. The first-order valence-corrected chi connectivity index (χ1v) is 10.6. The molecule has 0 bridgehead atoms. The molecule has 0 spiro atoms. The fourth-order valence-corrected chi connectivity index (χ4v) is 4.38. The summed E-state index contributed by atoms with van der Waals surface area (Å²) >= 11 is 0. The van der Waals surface area contributed by atoms with Crippen LogP contribution in [0.1, 0.15) is 58.8 Å².